The van der Waals surface area contributed by atoms with Crippen molar-refractivity contribution in [2.45, 2.75) is 31.8 Å². The monoisotopic (exact) mass is 348 g/mol. The number of benzene rings is 1. The van der Waals surface area contributed by atoms with Crippen LogP contribution in [0.25, 0.3) is 0 Å². The largest absolute Gasteiger partial charge is 0.378 e. The fourth-order valence-corrected chi connectivity index (χ4v) is 2.56. The van der Waals surface area contributed by atoms with Crippen LogP contribution in [0.15, 0.2) is 18.2 Å². The molecule has 1 aliphatic rings. The van der Waals surface area contributed by atoms with Crippen molar-refractivity contribution in [1.29, 1.82) is 0 Å². The van der Waals surface area contributed by atoms with Crippen LogP contribution in [0, 0.1) is 11.6 Å². The number of halogens is 3. The number of likely N-dealkylation sites (tertiary alicyclic amines) is 1. The molecule has 23 heavy (non-hydrogen) atoms. The van der Waals surface area contributed by atoms with Crippen LogP contribution in [0.2, 0.25) is 0 Å². The van der Waals surface area contributed by atoms with Crippen molar-refractivity contribution in [1.82, 2.24) is 4.90 Å². The molecule has 0 aliphatic carbocycles. The molecular weight excluding hydrogens is 326 g/mol. The number of nitrogens with zero attached hydrogens (tertiary/aromatic N) is 1. The Hall–Kier alpha value is -1.24. The lowest BCUT2D eigenvalue weighted by Gasteiger charge is -2.32. The number of carbonyl (C=O) groups is 1. The van der Waals surface area contributed by atoms with E-state index >= 15 is 0 Å². The van der Waals surface area contributed by atoms with Crippen molar-refractivity contribution in [3.63, 3.8) is 0 Å². The number of hydrogen-bond acceptors (Lipinski definition) is 3. The van der Waals surface area contributed by atoms with Gasteiger partial charge in [-0.25, -0.2) is 8.78 Å². The molecule has 1 aliphatic heterocycles. The molecule has 0 spiro atoms. The molecule has 1 fully saturated rings. The van der Waals surface area contributed by atoms with Gasteiger partial charge < -0.3 is 15.4 Å². The van der Waals surface area contributed by atoms with Crippen molar-refractivity contribution in [3.05, 3.63) is 35.4 Å². The molecule has 1 aromatic rings. The zero-order valence-corrected chi connectivity index (χ0v) is 13.8. The zero-order chi connectivity index (χ0) is 15.9. The lowest BCUT2D eigenvalue weighted by atomic mass is 10.1. The Labute approximate surface area is 141 Å². The van der Waals surface area contributed by atoms with Crippen LogP contribution in [0.5, 0.6) is 0 Å². The summed E-state index contributed by atoms with van der Waals surface area (Å²) in [7, 11) is 0. The van der Waals surface area contributed by atoms with E-state index in [1.54, 1.807) is 4.90 Å². The Morgan fingerprint density at radius 2 is 2.00 bits per heavy atom. The average molecular weight is 349 g/mol. The van der Waals surface area contributed by atoms with Gasteiger partial charge in [0.25, 0.3) is 0 Å². The first kappa shape index (κ1) is 19.8. The molecule has 0 unspecified atom stereocenters. The summed E-state index contributed by atoms with van der Waals surface area (Å²) in [4.78, 5) is 13.9. The molecule has 1 aromatic carbocycles. The van der Waals surface area contributed by atoms with Gasteiger partial charge in [-0.3, -0.25) is 4.79 Å². The van der Waals surface area contributed by atoms with Crippen molar-refractivity contribution in [2.24, 2.45) is 5.73 Å². The summed E-state index contributed by atoms with van der Waals surface area (Å²) in [6.45, 7) is 2.42. The maximum absolute atomic E-state index is 13.6. The van der Waals surface area contributed by atoms with Gasteiger partial charge in [0.2, 0.25) is 5.91 Å². The summed E-state index contributed by atoms with van der Waals surface area (Å²) in [6.07, 6.45) is 2.41. The maximum Gasteiger partial charge on any atom is 0.227 e. The summed E-state index contributed by atoms with van der Waals surface area (Å²) >= 11 is 0. The molecule has 130 valence electrons. The van der Waals surface area contributed by atoms with Crippen LogP contribution in [-0.4, -0.2) is 43.2 Å². The van der Waals surface area contributed by atoms with Gasteiger partial charge in [-0.1, -0.05) is 12.1 Å². The van der Waals surface area contributed by atoms with Gasteiger partial charge in [-0.15, -0.1) is 12.4 Å². The first-order chi connectivity index (χ1) is 10.6. The van der Waals surface area contributed by atoms with Crippen LogP contribution in [0.3, 0.4) is 0 Å². The van der Waals surface area contributed by atoms with Crippen LogP contribution >= 0.6 is 12.4 Å². The Morgan fingerprint density at radius 1 is 1.30 bits per heavy atom. The van der Waals surface area contributed by atoms with E-state index in [-0.39, 0.29) is 36.4 Å². The number of hydrogen-bond donors (Lipinski definition) is 1. The molecule has 7 heteroatoms. The van der Waals surface area contributed by atoms with Gasteiger partial charge in [0.05, 0.1) is 12.5 Å². The highest BCUT2D eigenvalue weighted by atomic mass is 35.5. The highest BCUT2D eigenvalue weighted by Gasteiger charge is 2.24. The molecule has 0 aromatic heterocycles. The summed E-state index contributed by atoms with van der Waals surface area (Å²) in [6, 6.07) is 3.91. The van der Waals surface area contributed by atoms with Gasteiger partial charge in [-0.2, -0.15) is 0 Å². The molecule has 0 radical (unpaired) electrons. The molecule has 0 bridgehead atoms. The van der Waals surface area contributed by atoms with Gasteiger partial charge >= 0.3 is 0 Å². The molecule has 0 saturated carbocycles. The summed E-state index contributed by atoms with van der Waals surface area (Å²) in [5.41, 5.74) is 5.51. The van der Waals surface area contributed by atoms with Gasteiger partial charge in [-0.05, 0) is 31.9 Å². The summed E-state index contributed by atoms with van der Waals surface area (Å²) < 4.78 is 32.4. The topological polar surface area (TPSA) is 55.6 Å². The lowest BCUT2D eigenvalue weighted by Crippen LogP contribution is -2.41. The molecule has 2 N–H and O–H groups in total. The minimum absolute atomic E-state index is 0. The standard InChI is InChI=1S/C16H22F2N2O2.ClH/c17-14-4-1-3-12(16(14)18)11-15(21)20-8-5-13(6-9-20)22-10-2-7-19;/h1,3-4,13H,2,5-11,19H2;1H. The minimum Gasteiger partial charge on any atom is -0.378 e. The number of amides is 1. The first-order valence-electron chi connectivity index (χ1n) is 7.64. The molecule has 1 amide bonds. The number of carbonyl (C=O) groups excluding carboxylic acids is 1. The van der Waals surface area contributed by atoms with Gasteiger partial charge in [0.1, 0.15) is 0 Å². The van der Waals surface area contributed by atoms with E-state index in [2.05, 4.69) is 0 Å². The van der Waals surface area contributed by atoms with Gasteiger partial charge in [0.15, 0.2) is 11.6 Å². The minimum atomic E-state index is -0.934. The SMILES string of the molecule is Cl.NCCCOC1CCN(C(=O)Cc2cccc(F)c2F)CC1. The normalized spacial score (nSPS) is 15.3. The maximum atomic E-state index is 13.6. The van der Waals surface area contributed by atoms with E-state index in [0.717, 1.165) is 25.3 Å². The second-order valence-corrected chi connectivity index (χ2v) is 5.48. The Bertz CT molecular complexity index is 509. The second kappa shape index (κ2) is 9.80. The first-order valence-corrected chi connectivity index (χ1v) is 7.64. The summed E-state index contributed by atoms with van der Waals surface area (Å²) in [5.74, 6) is -2.03. The highest BCUT2D eigenvalue weighted by Crippen LogP contribution is 2.17. The van der Waals surface area contributed by atoms with E-state index in [1.807, 2.05) is 0 Å². The van der Waals surface area contributed by atoms with Crippen LogP contribution in [-0.2, 0) is 16.0 Å². The third-order valence-corrected chi connectivity index (χ3v) is 3.87. The van der Waals surface area contributed by atoms with E-state index in [9.17, 15) is 13.6 Å². The lowest BCUT2D eigenvalue weighted by molar-refractivity contribution is -0.133. The quantitative estimate of drug-likeness (QED) is 0.802. The number of nitrogens with two attached hydrogens (primary N) is 1. The van der Waals surface area contributed by atoms with Crippen LogP contribution in [0.4, 0.5) is 8.78 Å². The number of rotatable bonds is 6. The van der Waals surface area contributed by atoms with E-state index < -0.39 is 11.6 Å². The van der Waals surface area contributed by atoms with Crippen molar-refractivity contribution >= 4 is 18.3 Å². The molecular formula is C16H23ClF2N2O2. The predicted molar refractivity (Wildman–Crippen MR) is 86.5 cm³/mol. The molecule has 2 rings (SSSR count). The number of piperidine rings is 1. The van der Waals surface area contributed by atoms with E-state index in [0.29, 0.717) is 26.2 Å². The predicted octanol–water partition coefficient (Wildman–Crippen LogP) is 2.29. The van der Waals surface area contributed by atoms with E-state index in [1.165, 1.54) is 12.1 Å². The second-order valence-electron chi connectivity index (χ2n) is 5.48. The Kier molecular flexibility index (Phi) is 8.44. The van der Waals surface area contributed by atoms with Gasteiger partial charge in [0, 0.05) is 25.3 Å². The Morgan fingerprint density at radius 3 is 2.65 bits per heavy atom. The smallest absolute Gasteiger partial charge is 0.227 e. The van der Waals surface area contributed by atoms with Crippen molar-refractivity contribution < 1.29 is 18.3 Å². The summed E-state index contributed by atoms with van der Waals surface area (Å²) in [5, 5.41) is 0. The third kappa shape index (κ3) is 5.71. The zero-order valence-electron chi connectivity index (χ0n) is 13.0. The van der Waals surface area contributed by atoms with Crippen LogP contribution < -0.4 is 5.73 Å². The molecule has 1 heterocycles. The van der Waals surface area contributed by atoms with Crippen molar-refractivity contribution in [2.75, 3.05) is 26.2 Å². The van der Waals surface area contributed by atoms with Crippen molar-refractivity contribution in [3.8, 4) is 0 Å². The van der Waals surface area contributed by atoms with Crippen LogP contribution in [0.1, 0.15) is 24.8 Å². The van der Waals surface area contributed by atoms with E-state index in [4.69, 9.17) is 10.5 Å². The molecule has 4 nitrogen and oxygen atoms in total. The fraction of sp³-hybridized carbons (Fsp3) is 0.562. The molecule has 1 saturated heterocycles. The average Bonchev–Trinajstić information content (AvgIpc) is 2.53. The fourth-order valence-electron chi connectivity index (χ4n) is 2.56. The highest BCUT2D eigenvalue weighted by molar-refractivity contribution is 5.85. The molecule has 0 atom stereocenters. The number of ether oxygens (including phenoxy) is 1. The Balaban J connectivity index is 0.00000264. The third-order valence-electron chi connectivity index (χ3n) is 3.87.